The molecule has 0 atom stereocenters. The van der Waals surface area contributed by atoms with Gasteiger partial charge in [0.2, 0.25) is 0 Å². The smallest absolute Gasteiger partial charge is 0.180 e. The minimum Gasteiger partial charge on any atom is -0.380 e. The predicted octanol–water partition coefficient (Wildman–Crippen LogP) is 2.69. The Labute approximate surface area is 91.2 Å². The van der Waals surface area contributed by atoms with Crippen LogP contribution in [-0.2, 0) is 5.41 Å². The van der Waals surface area contributed by atoms with Crippen LogP contribution in [0, 0.1) is 3.57 Å². The van der Waals surface area contributed by atoms with Crippen LogP contribution < -0.4 is 5.73 Å². The van der Waals surface area contributed by atoms with Crippen molar-refractivity contribution in [1.29, 1.82) is 0 Å². The van der Waals surface area contributed by atoms with Crippen LogP contribution in [0.2, 0.25) is 0 Å². The topological polar surface area (TPSA) is 52.0 Å². The quantitative estimate of drug-likeness (QED) is 0.871. The molecule has 4 heteroatoms. The van der Waals surface area contributed by atoms with E-state index in [0.717, 1.165) is 9.33 Å². The second-order valence-corrected chi connectivity index (χ2v) is 4.82. The van der Waals surface area contributed by atoms with Crippen molar-refractivity contribution in [3.63, 3.8) is 0 Å². The molecule has 2 rings (SSSR count). The van der Waals surface area contributed by atoms with Gasteiger partial charge in [-0.15, -0.1) is 0 Å². The van der Waals surface area contributed by atoms with Crippen molar-refractivity contribution in [3.05, 3.63) is 9.33 Å². The summed E-state index contributed by atoms with van der Waals surface area (Å²) in [6.45, 7) is 2.20. The number of hydrogen-bond acceptors (Lipinski definition) is 3. The maximum Gasteiger partial charge on any atom is 0.180 e. The third-order valence-corrected chi connectivity index (χ3v) is 3.77. The summed E-state index contributed by atoms with van der Waals surface area (Å²) in [7, 11) is 0. The van der Waals surface area contributed by atoms with Gasteiger partial charge in [0.05, 0.1) is 0 Å². The maximum absolute atomic E-state index is 5.65. The number of hydrogen-bond donors (Lipinski definition) is 1. The fourth-order valence-corrected chi connectivity index (χ4v) is 2.61. The summed E-state index contributed by atoms with van der Waals surface area (Å²) in [5.74, 6) is 1.56. The van der Waals surface area contributed by atoms with E-state index in [1.807, 2.05) is 0 Å². The molecule has 2 N–H and O–H groups in total. The van der Waals surface area contributed by atoms with Gasteiger partial charge in [-0.3, -0.25) is 0 Å². The molecule has 0 radical (unpaired) electrons. The van der Waals surface area contributed by atoms with Crippen molar-refractivity contribution in [1.82, 2.24) is 5.16 Å². The van der Waals surface area contributed by atoms with Crippen LogP contribution in [0.1, 0.15) is 38.4 Å². The lowest BCUT2D eigenvalue weighted by molar-refractivity contribution is 0.344. The number of anilines is 1. The molecule has 3 nitrogen and oxygen atoms in total. The molecule has 1 aromatic rings. The van der Waals surface area contributed by atoms with Crippen LogP contribution in [0.5, 0.6) is 0 Å². The van der Waals surface area contributed by atoms with Crippen LogP contribution in [0.4, 0.5) is 5.82 Å². The Morgan fingerprint density at radius 3 is 2.69 bits per heavy atom. The molecule has 1 aliphatic rings. The van der Waals surface area contributed by atoms with E-state index in [1.165, 1.54) is 25.7 Å². The molecule has 0 unspecified atom stereocenters. The van der Waals surface area contributed by atoms with Gasteiger partial charge in [-0.2, -0.15) is 0 Å². The van der Waals surface area contributed by atoms with Crippen molar-refractivity contribution in [2.24, 2.45) is 0 Å². The Morgan fingerprint density at radius 2 is 2.31 bits per heavy atom. The molecule has 1 saturated carbocycles. The summed E-state index contributed by atoms with van der Waals surface area (Å²) in [6, 6.07) is 0. The minimum absolute atomic E-state index is 0.288. The third kappa shape index (κ3) is 1.45. The first-order valence-corrected chi connectivity index (χ1v) is 5.68. The molecule has 1 aromatic heterocycles. The van der Waals surface area contributed by atoms with Crippen molar-refractivity contribution < 1.29 is 4.52 Å². The summed E-state index contributed by atoms with van der Waals surface area (Å²) in [4.78, 5) is 0. The Hall–Kier alpha value is -0.260. The highest BCUT2D eigenvalue weighted by Gasteiger charge is 2.48. The highest BCUT2D eigenvalue weighted by Crippen LogP contribution is 2.53. The zero-order chi connectivity index (χ0) is 9.47. The van der Waals surface area contributed by atoms with Crippen molar-refractivity contribution >= 4 is 28.4 Å². The third-order valence-electron chi connectivity index (χ3n) is 2.72. The van der Waals surface area contributed by atoms with E-state index in [0.29, 0.717) is 5.82 Å². The fraction of sp³-hybridized carbons (Fsp3) is 0.667. The molecular formula is C9H13IN2O. The van der Waals surface area contributed by atoms with Crippen molar-refractivity contribution in [2.75, 3.05) is 5.73 Å². The molecule has 0 aliphatic heterocycles. The lowest BCUT2D eigenvalue weighted by Gasteiger charge is -2.09. The van der Waals surface area contributed by atoms with Gasteiger partial charge in [-0.1, -0.05) is 18.5 Å². The Morgan fingerprint density at radius 1 is 1.62 bits per heavy atom. The molecule has 0 spiro atoms. The molecular weight excluding hydrogens is 279 g/mol. The maximum atomic E-state index is 5.65. The highest BCUT2D eigenvalue weighted by molar-refractivity contribution is 14.1. The number of nitrogens with two attached hydrogens (primary N) is 1. The average molecular weight is 292 g/mol. The second kappa shape index (κ2) is 3.15. The van der Waals surface area contributed by atoms with Crippen molar-refractivity contribution in [3.8, 4) is 0 Å². The van der Waals surface area contributed by atoms with E-state index in [1.54, 1.807) is 0 Å². The fourth-order valence-electron chi connectivity index (χ4n) is 1.84. The SMILES string of the molecule is CCCC1(c2onc(N)c2I)CC1. The molecule has 0 bridgehead atoms. The first-order valence-electron chi connectivity index (χ1n) is 4.61. The molecule has 13 heavy (non-hydrogen) atoms. The minimum atomic E-state index is 0.288. The van der Waals surface area contributed by atoms with Gasteiger partial charge in [-0.25, -0.2) is 0 Å². The lowest BCUT2D eigenvalue weighted by atomic mass is 9.98. The Balaban J connectivity index is 2.30. The number of nitrogen functional groups attached to an aromatic ring is 1. The van der Waals surface area contributed by atoms with E-state index in [9.17, 15) is 0 Å². The molecule has 0 aromatic carbocycles. The number of aromatic nitrogens is 1. The zero-order valence-corrected chi connectivity index (χ0v) is 9.80. The van der Waals surface area contributed by atoms with Crippen LogP contribution in [0.3, 0.4) is 0 Å². The molecule has 0 amide bonds. The standard InChI is InChI=1S/C9H13IN2O/c1-2-3-9(4-5-9)7-6(10)8(11)12-13-7/h2-5H2,1H3,(H2,11,12). The Kier molecular flexibility index (Phi) is 2.25. The van der Waals surface area contributed by atoms with E-state index in [-0.39, 0.29) is 5.41 Å². The van der Waals surface area contributed by atoms with Gasteiger partial charge >= 0.3 is 0 Å². The average Bonchev–Trinajstić information content (AvgIpc) is 2.79. The molecule has 72 valence electrons. The lowest BCUT2D eigenvalue weighted by Crippen LogP contribution is -2.06. The number of nitrogens with zero attached hydrogens (tertiary/aromatic N) is 1. The van der Waals surface area contributed by atoms with Gasteiger partial charge in [0.15, 0.2) is 11.6 Å². The highest BCUT2D eigenvalue weighted by atomic mass is 127. The molecule has 1 aliphatic carbocycles. The molecule has 1 fully saturated rings. The summed E-state index contributed by atoms with van der Waals surface area (Å²) in [6.07, 6.45) is 4.84. The summed E-state index contributed by atoms with van der Waals surface area (Å²) in [5, 5.41) is 3.80. The summed E-state index contributed by atoms with van der Waals surface area (Å²) in [5.41, 5.74) is 5.94. The van der Waals surface area contributed by atoms with Crippen LogP contribution in [0.15, 0.2) is 4.52 Å². The summed E-state index contributed by atoms with van der Waals surface area (Å²) >= 11 is 2.22. The zero-order valence-electron chi connectivity index (χ0n) is 7.64. The van der Waals surface area contributed by atoms with E-state index >= 15 is 0 Å². The van der Waals surface area contributed by atoms with Gasteiger partial charge in [0, 0.05) is 5.41 Å². The summed E-state index contributed by atoms with van der Waals surface area (Å²) < 4.78 is 6.31. The normalized spacial score (nSPS) is 18.9. The van der Waals surface area contributed by atoms with Crippen LogP contribution in [-0.4, -0.2) is 5.16 Å². The molecule has 1 heterocycles. The van der Waals surface area contributed by atoms with Crippen molar-refractivity contribution in [2.45, 2.75) is 38.0 Å². The number of rotatable bonds is 3. The second-order valence-electron chi connectivity index (χ2n) is 3.74. The van der Waals surface area contributed by atoms with Crippen LogP contribution >= 0.6 is 22.6 Å². The first kappa shape index (κ1) is 9.30. The first-order chi connectivity index (χ1) is 6.19. The van der Waals surface area contributed by atoms with Crippen LogP contribution in [0.25, 0.3) is 0 Å². The van der Waals surface area contributed by atoms with E-state index in [4.69, 9.17) is 10.3 Å². The largest absolute Gasteiger partial charge is 0.380 e. The van der Waals surface area contributed by atoms with E-state index < -0.39 is 0 Å². The van der Waals surface area contributed by atoms with E-state index in [2.05, 4.69) is 34.7 Å². The monoisotopic (exact) mass is 292 g/mol. The van der Waals surface area contributed by atoms with Gasteiger partial charge in [0.1, 0.15) is 3.57 Å². The van der Waals surface area contributed by atoms with Gasteiger partial charge in [-0.05, 0) is 41.9 Å². The molecule has 0 saturated heterocycles. The van der Waals surface area contributed by atoms with Gasteiger partial charge < -0.3 is 10.3 Å². The number of halogens is 1. The Bertz CT molecular complexity index is 317. The predicted molar refractivity (Wildman–Crippen MR) is 59.5 cm³/mol. The van der Waals surface area contributed by atoms with Gasteiger partial charge in [0.25, 0.3) is 0 Å².